The first-order valence-corrected chi connectivity index (χ1v) is 6.73. The van der Waals surface area contributed by atoms with Gasteiger partial charge >= 0.3 is 0 Å². The molecule has 0 unspecified atom stereocenters. The molecule has 0 saturated heterocycles. The molecular weight excluding hydrogens is 334 g/mol. The van der Waals surface area contributed by atoms with Crippen LogP contribution < -0.4 is 10.1 Å². The van der Waals surface area contributed by atoms with Gasteiger partial charge in [-0.3, -0.25) is 0 Å². The van der Waals surface area contributed by atoms with E-state index in [2.05, 4.69) is 55.9 Å². The van der Waals surface area contributed by atoms with Crippen LogP contribution in [0.15, 0.2) is 27.7 Å². The fourth-order valence-electron chi connectivity index (χ4n) is 1.81. The molecule has 0 aromatic heterocycles. The summed E-state index contributed by atoms with van der Waals surface area (Å²) in [5.41, 5.74) is 2.50. The van der Waals surface area contributed by atoms with Crippen LogP contribution in [0.3, 0.4) is 0 Å². The summed E-state index contributed by atoms with van der Waals surface area (Å²) in [6.45, 7) is 6.15. The molecule has 0 aliphatic carbocycles. The van der Waals surface area contributed by atoms with E-state index >= 15 is 0 Å². The fraction of sp³-hybridized carbons (Fsp3) is 0.333. The lowest BCUT2D eigenvalue weighted by Gasteiger charge is -2.09. The van der Waals surface area contributed by atoms with Crippen LogP contribution in [0.1, 0.15) is 11.1 Å². The molecule has 0 amide bonds. The maximum absolute atomic E-state index is 5.65. The first-order valence-electron chi connectivity index (χ1n) is 5.15. The molecule has 1 aromatic rings. The summed E-state index contributed by atoms with van der Waals surface area (Å²) in [7, 11) is 0. The van der Waals surface area contributed by atoms with Gasteiger partial charge in [-0.2, -0.15) is 0 Å². The van der Waals surface area contributed by atoms with Gasteiger partial charge in [-0.25, -0.2) is 0 Å². The van der Waals surface area contributed by atoms with Gasteiger partial charge in [0, 0.05) is 34.0 Å². The van der Waals surface area contributed by atoms with E-state index in [4.69, 9.17) is 4.74 Å². The second kappa shape index (κ2) is 5.34. The lowest BCUT2D eigenvalue weighted by atomic mass is 10.1. The van der Waals surface area contributed by atoms with Gasteiger partial charge in [-0.1, -0.05) is 38.4 Å². The Morgan fingerprint density at radius 3 is 3.06 bits per heavy atom. The first kappa shape index (κ1) is 12.1. The van der Waals surface area contributed by atoms with Crippen molar-refractivity contribution in [2.75, 3.05) is 13.2 Å². The van der Waals surface area contributed by atoms with Gasteiger partial charge in [0.1, 0.15) is 5.75 Å². The van der Waals surface area contributed by atoms with E-state index in [1.807, 2.05) is 0 Å². The monoisotopic (exact) mass is 345 g/mol. The average Bonchev–Trinajstić information content (AvgIpc) is 2.64. The van der Waals surface area contributed by atoms with Crippen molar-refractivity contribution in [2.24, 2.45) is 0 Å². The molecule has 4 heteroatoms. The van der Waals surface area contributed by atoms with Crippen LogP contribution in [0.25, 0.3) is 0 Å². The smallest absolute Gasteiger partial charge is 0.127 e. The Balaban J connectivity index is 2.11. The van der Waals surface area contributed by atoms with E-state index in [-0.39, 0.29) is 0 Å². The molecule has 1 aromatic carbocycles. The maximum Gasteiger partial charge on any atom is 0.127 e. The molecular formula is C12H13Br2NO. The standard InChI is InChI=1S/C12H13Br2NO/c1-8(13)6-15-7-10-5-11(14)4-9-2-3-16-12(9)10/h4-5,15H,1-3,6-7H2. The van der Waals surface area contributed by atoms with Gasteiger partial charge in [0.15, 0.2) is 0 Å². The highest BCUT2D eigenvalue weighted by molar-refractivity contribution is 9.11. The van der Waals surface area contributed by atoms with Gasteiger partial charge in [0.2, 0.25) is 0 Å². The third kappa shape index (κ3) is 2.87. The van der Waals surface area contributed by atoms with E-state index < -0.39 is 0 Å². The van der Waals surface area contributed by atoms with Crippen molar-refractivity contribution in [3.63, 3.8) is 0 Å². The van der Waals surface area contributed by atoms with Crippen molar-refractivity contribution in [2.45, 2.75) is 13.0 Å². The van der Waals surface area contributed by atoms with Crippen molar-refractivity contribution < 1.29 is 4.74 Å². The van der Waals surface area contributed by atoms with Gasteiger partial charge in [-0.05, 0) is 17.7 Å². The molecule has 0 radical (unpaired) electrons. The lowest BCUT2D eigenvalue weighted by Crippen LogP contribution is -2.15. The number of fused-ring (bicyclic) bond motifs is 1. The summed E-state index contributed by atoms with van der Waals surface area (Å²) < 4.78 is 7.72. The summed E-state index contributed by atoms with van der Waals surface area (Å²) in [5, 5.41) is 3.31. The quantitative estimate of drug-likeness (QED) is 0.902. The predicted molar refractivity (Wildman–Crippen MR) is 73.1 cm³/mol. The van der Waals surface area contributed by atoms with Crippen LogP contribution in [0, 0.1) is 0 Å². The number of hydrogen-bond donors (Lipinski definition) is 1. The first-order chi connectivity index (χ1) is 7.66. The van der Waals surface area contributed by atoms with Crippen molar-refractivity contribution in [1.29, 1.82) is 0 Å². The van der Waals surface area contributed by atoms with E-state index in [1.165, 1.54) is 11.1 Å². The summed E-state index contributed by atoms with van der Waals surface area (Å²) in [6.07, 6.45) is 1.01. The minimum absolute atomic E-state index is 0.765. The molecule has 0 bridgehead atoms. The van der Waals surface area contributed by atoms with E-state index in [0.717, 1.165) is 40.8 Å². The Bertz CT molecular complexity index is 418. The van der Waals surface area contributed by atoms with Crippen LogP contribution >= 0.6 is 31.9 Å². The summed E-state index contributed by atoms with van der Waals surface area (Å²) in [5.74, 6) is 1.05. The normalized spacial score (nSPS) is 13.4. The highest BCUT2D eigenvalue weighted by atomic mass is 79.9. The highest BCUT2D eigenvalue weighted by Crippen LogP contribution is 2.32. The number of nitrogens with one attached hydrogen (secondary N) is 1. The van der Waals surface area contributed by atoms with Crippen LogP contribution in [0.4, 0.5) is 0 Å². The Labute approximate surface area is 112 Å². The van der Waals surface area contributed by atoms with Crippen LogP contribution in [0.2, 0.25) is 0 Å². The zero-order valence-electron chi connectivity index (χ0n) is 8.85. The Morgan fingerprint density at radius 1 is 1.50 bits per heavy atom. The number of hydrogen-bond acceptors (Lipinski definition) is 2. The molecule has 1 aliphatic rings. The number of halogens is 2. The number of rotatable bonds is 4. The van der Waals surface area contributed by atoms with Gasteiger partial charge in [0.25, 0.3) is 0 Å². The summed E-state index contributed by atoms with van der Waals surface area (Å²) in [6, 6.07) is 4.24. The second-order valence-electron chi connectivity index (χ2n) is 3.77. The van der Waals surface area contributed by atoms with Gasteiger partial charge < -0.3 is 10.1 Å². The van der Waals surface area contributed by atoms with Gasteiger partial charge in [0.05, 0.1) is 6.61 Å². The topological polar surface area (TPSA) is 21.3 Å². The van der Waals surface area contributed by atoms with Gasteiger partial charge in [-0.15, -0.1) is 0 Å². The van der Waals surface area contributed by atoms with E-state index in [9.17, 15) is 0 Å². The average molecular weight is 347 g/mol. The number of benzene rings is 1. The van der Waals surface area contributed by atoms with Crippen LogP contribution in [-0.4, -0.2) is 13.2 Å². The second-order valence-corrected chi connectivity index (χ2v) is 5.81. The summed E-state index contributed by atoms with van der Waals surface area (Å²) in [4.78, 5) is 0. The molecule has 86 valence electrons. The largest absolute Gasteiger partial charge is 0.493 e. The SMILES string of the molecule is C=C(Br)CNCc1cc(Br)cc2c1OCC2. The minimum Gasteiger partial charge on any atom is -0.493 e. The fourth-order valence-corrected chi connectivity index (χ4v) is 2.56. The summed E-state index contributed by atoms with van der Waals surface area (Å²) >= 11 is 6.85. The molecule has 0 saturated carbocycles. The molecule has 1 heterocycles. The lowest BCUT2D eigenvalue weighted by molar-refractivity contribution is 0.352. The van der Waals surface area contributed by atoms with Crippen LogP contribution in [-0.2, 0) is 13.0 Å². The molecule has 0 fully saturated rings. The Kier molecular flexibility index (Phi) is 4.05. The molecule has 2 nitrogen and oxygen atoms in total. The third-order valence-corrected chi connectivity index (χ3v) is 3.20. The van der Waals surface area contributed by atoms with Crippen molar-refractivity contribution in [3.05, 3.63) is 38.8 Å². The molecule has 2 rings (SSSR count). The maximum atomic E-state index is 5.65. The zero-order chi connectivity index (χ0) is 11.5. The minimum atomic E-state index is 0.765. The molecule has 1 N–H and O–H groups in total. The molecule has 0 atom stereocenters. The van der Waals surface area contributed by atoms with Crippen molar-refractivity contribution in [3.8, 4) is 5.75 Å². The molecule has 0 spiro atoms. The predicted octanol–water partition coefficient (Wildman–Crippen LogP) is 3.38. The highest BCUT2D eigenvalue weighted by Gasteiger charge is 2.16. The Morgan fingerprint density at radius 2 is 2.31 bits per heavy atom. The molecule has 1 aliphatic heterocycles. The Hall–Kier alpha value is -0.320. The molecule has 16 heavy (non-hydrogen) atoms. The van der Waals surface area contributed by atoms with Crippen LogP contribution in [0.5, 0.6) is 5.75 Å². The van der Waals surface area contributed by atoms with Crippen molar-refractivity contribution in [1.82, 2.24) is 5.32 Å². The van der Waals surface area contributed by atoms with Crippen molar-refractivity contribution >= 4 is 31.9 Å². The third-order valence-electron chi connectivity index (χ3n) is 2.46. The van der Waals surface area contributed by atoms with E-state index in [0.29, 0.717) is 0 Å². The van der Waals surface area contributed by atoms with E-state index in [1.54, 1.807) is 0 Å². The zero-order valence-corrected chi connectivity index (χ0v) is 12.0. The number of ether oxygens (including phenoxy) is 1.